The molecule has 1 aromatic heterocycles. The Bertz CT molecular complexity index is 677. The number of ether oxygens (including phenoxy) is 1. The van der Waals surface area contributed by atoms with Crippen LogP contribution in [0.3, 0.4) is 0 Å². The molecule has 0 saturated heterocycles. The van der Waals surface area contributed by atoms with Crippen LogP contribution in [-0.4, -0.2) is 12.5 Å². The first kappa shape index (κ1) is 13.9. The molecule has 1 aliphatic heterocycles. The van der Waals surface area contributed by atoms with Gasteiger partial charge in [-0.15, -0.1) is 0 Å². The summed E-state index contributed by atoms with van der Waals surface area (Å²) < 4.78 is 11.8. The summed E-state index contributed by atoms with van der Waals surface area (Å²) in [6.45, 7) is 1.13. The lowest BCUT2D eigenvalue weighted by molar-refractivity contribution is -0.116. The number of halogens is 1. The molecule has 0 atom stereocenters. The van der Waals surface area contributed by atoms with Gasteiger partial charge in [0.15, 0.2) is 0 Å². The summed E-state index contributed by atoms with van der Waals surface area (Å²) >= 11 is 3.49. The zero-order valence-electron chi connectivity index (χ0n) is 11.3. The molecular formula is C16H14BrNO3. The zero-order valence-corrected chi connectivity index (χ0v) is 12.9. The van der Waals surface area contributed by atoms with Gasteiger partial charge in [0, 0.05) is 29.1 Å². The normalized spacial score (nSPS) is 13.2. The molecule has 1 amide bonds. The van der Waals surface area contributed by atoms with E-state index in [1.54, 1.807) is 24.5 Å². The molecule has 108 valence electrons. The summed E-state index contributed by atoms with van der Waals surface area (Å²) in [5.41, 5.74) is 2.16. The number of nitrogens with one attached hydrogen (secondary N) is 1. The standard InChI is InChI=1S/C16H14BrNO3/c17-13-8-11-5-7-21-16(11)12(9-13)10-18-15(19)4-3-14-2-1-6-20-14/h1-4,6,8-9H,5,7,10H2,(H,18,19)/b4-3+. The predicted octanol–water partition coefficient (Wildman–Crippen LogP) is 3.31. The van der Waals surface area contributed by atoms with E-state index in [-0.39, 0.29) is 5.91 Å². The smallest absolute Gasteiger partial charge is 0.244 e. The van der Waals surface area contributed by atoms with E-state index in [2.05, 4.69) is 27.3 Å². The molecule has 0 bridgehead atoms. The minimum absolute atomic E-state index is 0.168. The van der Waals surface area contributed by atoms with Crippen molar-refractivity contribution in [3.05, 3.63) is 58.0 Å². The molecule has 3 rings (SSSR count). The van der Waals surface area contributed by atoms with E-state index in [1.165, 1.54) is 11.6 Å². The molecule has 21 heavy (non-hydrogen) atoms. The van der Waals surface area contributed by atoms with Crippen molar-refractivity contribution in [2.45, 2.75) is 13.0 Å². The molecule has 5 heteroatoms. The van der Waals surface area contributed by atoms with Gasteiger partial charge in [-0.3, -0.25) is 4.79 Å². The Balaban J connectivity index is 1.64. The van der Waals surface area contributed by atoms with Crippen LogP contribution in [0.5, 0.6) is 5.75 Å². The molecule has 0 spiro atoms. The number of carbonyl (C=O) groups is 1. The molecule has 0 radical (unpaired) electrons. The Morgan fingerprint density at radius 1 is 1.43 bits per heavy atom. The first-order valence-corrected chi connectivity index (χ1v) is 7.45. The maximum absolute atomic E-state index is 11.8. The average molecular weight is 348 g/mol. The first-order valence-electron chi connectivity index (χ1n) is 6.66. The summed E-state index contributed by atoms with van der Waals surface area (Å²) in [7, 11) is 0. The third-order valence-corrected chi connectivity index (χ3v) is 3.68. The third-order valence-electron chi connectivity index (χ3n) is 3.22. The molecule has 1 N–H and O–H groups in total. The second-order valence-corrected chi connectivity index (χ2v) is 5.63. The second-order valence-electron chi connectivity index (χ2n) is 4.72. The van der Waals surface area contributed by atoms with E-state index in [1.807, 2.05) is 6.07 Å². The highest BCUT2D eigenvalue weighted by atomic mass is 79.9. The van der Waals surface area contributed by atoms with Crippen molar-refractivity contribution < 1.29 is 13.9 Å². The molecule has 1 aliphatic rings. The summed E-state index contributed by atoms with van der Waals surface area (Å²) in [5, 5.41) is 2.85. The molecule has 4 nitrogen and oxygen atoms in total. The highest BCUT2D eigenvalue weighted by Crippen LogP contribution is 2.32. The first-order chi connectivity index (χ1) is 10.2. The maximum Gasteiger partial charge on any atom is 0.244 e. The number of hydrogen-bond donors (Lipinski definition) is 1. The number of rotatable bonds is 4. The van der Waals surface area contributed by atoms with E-state index in [0.717, 1.165) is 22.2 Å². The average Bonchev–Trinajstić information content (AvgIpc) is 3.13. The van der Waals surface area contributed by atoms with E-state index >= 15 is 0 Å². The number of furan rings is 1. The van der Waals surface area contributed by atoms with Gasteiger partial charge in [-0.1, -0.05) is 15.9 Å². The van der Waals surface area contributed by atoms with Crippen LogP contribution in [0.2, 0.25) is 0 Å². The van der Waals surface area contributed by atoms with Gasteiger partial charge in [0.2, 0.25) is 5.91 Å². The largest absolute Gasteiger partial charge is 0.493 e. The third kappa shape index (κ3) is 3.36. The lowest BCUT2D eigenvalue weighted by Gasteiger charge is -2.09. The Labute approximate surface area is 130 Å². The number of hydrogen-bond acceptors (Lipinski definition) is 3. The van der Waals surface area contributed by atoms with Gasteiger partial charge in [-0.2, -0.15) is 0 Å². The second kappa shape index (κ2) is 6.18. The van der Waals surface area contributed by atoms with Gasteiger partial charge in [0.25, 0.3) is 0 Å². The minimum atomic E-state index is -0.168. The van der Waals surface area contributed by atoms with Crippen molar-refractivity contribution >= 4 is 27.9 Å². The van der Waals surface area contributed by atoms with Gasteiger partial charge < -0.3 is 14.5 Å². The van der Waals surface area contributed by atoms with Crippen molar-refractivity contribution in [1.29, 1.82) is 0 Å². The molecule has 0 saturated carbocycles. The van der Waals surface area contributed by atoms with Gasteiger partial charge in [0.1, 0.15) is 11.5 Å². The van der Waals surface area contributed by atoms with Crippen molar-refractivity contribution in [1.82, 2.24) is 5.32 Å². The fraction of sp³-hybridized carbons (Fsp3) is 0.188. The molecule has 0 fully saturated rings. The summed E-state index contributed by atoms with van der Waals surface area (Å²) in [5.74, 6) is 1.38. The van der Waals surface area contributed by atoms with Crippen LogP contribution in [0.25, 0.3) is 6.08 Å². The summed E-state index contributed by atoms with van der Waals surface area (Å²) in [6, 6.07) is 7.60. The molecule has 2 aromatic rings. The van der Waals surface area contributed by atoms with Crippen molar-refractivity contribution in [3.8, 4) is 5.75 Å². The number of fused-ring (bicyclic) bond motifs is 1. The van der Waals surface area contributed by atoms with Gasteiger partial charge in [0.05, 0.1) is 12.9 Å². The number of benzene rings is 1. The zero-order chi connectivity index (χ0) is 14.7. The highest BCUT2D eigenvalue weighted by molar-refractivity contribution is 9.10. The predicted molar refractivity (Wildman–Crippen MR) is 82.9 cm³/mol. The van der Waals surface area contributed by atoms with E-state index < -0.39 is 0 Å². The van der Waals surface area contributed by atoms with Gasteiger partial charge in [-0.25, -0.2) is 0 Å². The molecule has 0 unspecified atom stereocenters. The van der Waals surface area contributed by atoms with Gasteiger partial charge >= 0.3 is 0 Å². The van der Waals surface area contributed by atoms with Crippen LogP contribution in [0.4, 0.5) is 0 Å². The maximum atomic E-state index is 11.8. The Hall–Kier alpha value is -2.01. The molecular weight excluding hydrogens is 334 g/mol. The quantitative estimate of drug-likeness (QED) is 0.863. The Morgan fingerprint density at radius 2 is 2.33 bits per heavy atom. The fourth-order valence-electron chi connectivity index (χ4n) is 2.26. The van der Waals surface area contributed by atoms with E-state index in [4.69, 9.17) is 9.15 Å². The fourth-order valence-corrected chi connectivity index (χ4v) is 2.82. The van der Waals surface area contributed by atoms with Crippen LogP contribution < -0.4 is 10.1 Å². The summed E-state index contributed by atoms with van der Waals surface area (Å²) in [6.07, 6.45) is 5.57. The van der Waals surface area contributed by atoms with Crippen LogP contribution >= 0.6 is 15.9 Å². The van der Waals surface area contributed by atoms with E-state index in [9.17, 15) is 4.79 Å². The highest BCUT2D eigenvalue weighted by Gasteiger charge is 2.17. The lowest BCUT2D eigenvalue weighted by Crippen LogP contribution is -2.20. The number of amides is 1. The van der Waals surface area contributed by atoms with Crippen LogP contribution in [0.1, 0.15) is 16.9 Å². The topological polar surface area (TPSA) is 51.5 Å². The summed E-state index contributed by atoms with van der Waals surface area (Å²) in [4.78, 5) is 11.8. The lowest BCUT2D eigenvalue weighted by atomic mass is 10.1. The van der Waals surface area contributed by atoms with Crippen LogP contribution in [-0.2, 0) is 17.8 Å². The molecule has 2 heterocycles. The Morgan fingerprint density at radius 3 is 3.14 bits per heavy atom. The van der Waals surface area contributed by atoms with Gasteiger partial charge in [-0.05, 0) is 35.9 Å². The SMILES string of the molecule is O=C(/C=C/c1ccco1)NCc1cc(Br)cc2c1OCC2. The van der Waals surface area contributed by atoms with Crippen LogP contribution in [0, 0.1) is 0 Å². The molecule has 0 aliphatic carbocycles. The van der Waals surface area contributed by atoms with Crippen molar-refractivity contribution in [2.24, 2.45) is 0 Å². The van der Waals surface area contributed by atoms with E-state index in [0.29, 0.717) is 18.9 Å². The monoisotopic (exact) mass is 347 g/mol. The number of carbonyl (C=O) groups excluding carboxylic acids is 1. The molecule has 1 aromatic carbocycles. The van der Waals surface area contributed by atoms with Crippen molar-refractivity contribution in [2.75, 3.05) is 6.61 Å². The Kier molecular flexibility index (Phi) is 4.10. The van der Waals surface area contributed by atoms with Crippen molar-refractivity contribution in [3.63, 3.8) is 0 Å². The minimum Gasteiger partial charge on any atom is -0.493 e. The van der Waals surface area contributed by atoms with Crippen LogP contribution in [0.15, 0.2) is 45.5 Å².